The minimum atomic E-state index is 0.00759. The lowest BCUT2D eigenvalue weighted by Gasteiger charge is -2.09. The van der Waals surface area contributed by atoms with E-state index >= 15 is 0 Å². The van der Waals surface area contributed by atoms with Gasteiger partial charge in [0.2, 0.25) is 0 Å². The normalized spacial score (nSPS) is 10.2. The zero-order chi connectivity index (χ0) is 12.1. The van der Waals surface area contributed by atoms with Crippen LogP contribution in [0, 0.1) is 0 Å². The molecule has 2 rings (SSSR count). The molecule has 0 heterocycles. The molecule has 0 aliphatic heterocycles. The van der Waals surface area contributed by atoms with Crippen molar-refractivity contribution < 1.29 is 9.84 Å². The lowest BCUT2D eigenvalue weighted by molar-refractivity contribution is 0.198. The van der Waals surface area contributed by atoms with Crippen molar-refractivity contribution >= 4 is 12.6 Å². The summed E-state index contributed by atoms with van der Waals surface area (Å²) in [6, 6.07) is 15.9. The third-order valence-corrected chi connectivity index (χ3v) is 2.76. The van der Waals surface area contributed by atoms with Crippen molar-refractivity contribution in [3.05, 3.63) is 48.5 Å². The second-order valence-corrected chi connectivity index (χ2v) is 4.10. The van der Waals surface area contributed by atoms with Gasteiger partial charge in [-0.25, -0.2) is 0 Å². The topological polar surface area (TPSA) is 29.5 Å². The molecule has 88 valence electrons. The van der Waals surface area contributed by atoms with Crippen LogP contribution in [0.1, 0.15) is 0 Å². The molecule has 2 aromatic rings. The van der Waals surface area contributed by atoms with Gasteiger partial charge in [0.1, 0.15) is 12.4 Å². The van der Waals surface area contributed by atoms with Crippen molar-refractivity contribution in [3.63, 3.8) is 0 Å². The Kier molecular flexibility index (Phi) is 4.07. The fraction of sp³-hybridized carbons (Fsp3) is 0.143. The van der Waals surface area contributed by atoms with Crippen molar-refractivity contribution in [2.24, 2.45) is 0 Å². The highest BCUT2D eigenvalue weighted by Crippen LogP contribution is 2.28. The Morgan fingerprint density at radius 1 is 1.00 bits per heavy atom. The molecule has 0 radical (unpaired) electrons. The maximum absolute atomic E-state index is 8.70. The molecule has 0 aliphatic rings. The van der Waals surface area contributed by atoms with Crippen LogP contribution < -0.4 is 4.74 Å². The molecule has 0 atom stereocenters. The molecule has 0 bridgehead atoms. The van der Waals surface area contributed by atoms with Gasteiger partial charge in [0.15, 0.2) is 0 Å². The predicted octanol–water partition coefficient (Wildman–Crippen LogP) is 3.01. The van der Waals surface area contributed by atoms with E-state index in [0.717, 1.165) is 16.0 Å². The highest BCUT2D eigenvalue weighted by atomic mass is 32.1. The first-order chi connectivity index (χ1) is 8.31. The minimum Gasteiger partial charge on any atom is -0.490 e. The summed E-state index contributed by atoms with van der Waals surface area (Å²) in [4.78, 5) is 0.778. The molecular weight excluding hydrogens is 232 g/mol. The Bertz CT molecular complexity index is 483. The summed E-state index contributed by atoms with van der Waals surface area (Å²) in [5, 5.41) is 8.70. The van der Waals surface area contributed by atoms with Crippen molar-refractivity contribution in [3.8, 4) is 16.9 Å². The molecule has 0 fully saturated rings. The van der Waals surface area contributed by atoms with Crippen LogP contribution in [-0.4, -0.2) is 18.3 Å². The van der Waals surface area contributed by atoms with Gasteiger partial charge in [-0.1, -0.05) is 36.4 Å². The molecular formula is C14H14O2S. The molecule has 0 amide bonds. The van der Waals surface area contributed by atoms with Crippen LogP contribution in [-0.2, 0) is 0 Å². The third-order valence-electron chi connectivity index (χ3n) is 2.41. The summed E-state index contributed by atoms with van der Waals surface area (Å²) in [6.07, 6.45) is 0. The van der Waals surface area contributed by atoms with Gasteiger partial charge in [-0.15, -0.1) is 12.6 Å². The average molecular weight is 246 g/mol. The Balaban J connectivity index is 2.25. The van der Waals surface area contributed by atoms with Gasteiger partial charge in [-0.3, -0.25) is 0 Å². The van der Waals surface area contributed by atoms with Gasteiger partial charge < -0.3 is 9.84 Å². The first kappa shape index (κ1) is 12.0. The molecule has 1 N–H and O–H groups in total. The van der Waals surface area contributed by atoms with Crippen molar-refractivity contribution in [2.45, 2.75) is 4.90 Å². The largest absolute Gasteiger partial charge is 0.490 e. The number of thiol groups is 1. The SMILES string of the molecule is OCCOc1ccc(-c2ccccc2)cc1S. The van der Waals surface area contributed by atoms with E-state index in [-0.39, 0.29) is 13.2 Å². The Labute approximate surface area is 106 Å². The fourth-order valence-electron chi connectivity index (χ4n) is 1.61. The average Bonchev–Trinajstić information content (AvgIpc) is 2.38. The first-order valence-corrected chi connectivity index (χ1v) is 5.88. The van der Waals surface area contributed by atoms with E-state index in [9.17, 15) is 0 Å². The molecule has 3 heteroatoms. The summed E-state index contributed by atoms with van der Waals surface area (Å²) in [5.41, 5.74) is 2.25. The van der Waals surface area contributed by atoms with Crippen molar-refractivity contribution in [1.29, 1.82) is 0 Å². The third kappa shape index (κ3) is 3.02. The molecule has 2 aromatic carbocycles. The number of aliphatic hydroxyl groups excluding tert-OH is 1. The van der Waals surface area contributed by atoms with Crippen LogP contribution in [0.5, 0.6) is 5.75 Å². The minimum absolute atomic E-state index is 0.00759. The second kappa shape index (κ2) is 5.75. The van der Waals surface area contributed by atoms with Crippen LogP contribution in [0.25, 0.3) is 11.1 Å². The first-order valence-electron chi connectivity index (χ1n) is 5.43. The smallest absolute Gasteiger partial charge is 0.132 e. The van der Waals surface area contributed by atoms with Gasteiger partial charge in [-0.2, -0.15) is 0 Å². The Morgan fingerprint density at radius 3 is 2.41 bits per heavy atom. The number of hydrogen-bond donors (Lipinski definition) is 2. The maximum atomic E-state index is 8.70. The molecule has 0 saturated carbocycles. The maximum Gasteiger partial charge on any atom is 0.132 e. The van der Waals surface area contributed by atoms with E-state index in [2.05, 4.69) is 24.8 Å². The van der Waals surface area contributed by atoms with Crippen LogP contribution in [0.15, 0.2) is 53.4 Å². The summed E-state index contributed by atoms with van der Waals surface area (Å²) in [7, 11) is 0. The summed E-state index contributed by atoms with van der Waals surface area (Å²) < 4.78 is 5.35. The van der Waals surface area contributed by atoms with Crippen LogP contribution >= 0.6 is 12.6 Å². The van der Waals surface area contributed by atoms with Crippen LogP contribution in [0.2, 0.25) is 0 Å². The van der Waals surface area contributed by atoms with E-state index in [1.54, 1.807) is 0 Å². The number of aliphatic hydroxyl groups is 1. The molecule has 17 heavy (non-hydrogen) atoms. The van der Waals surface area contributed by atoms with Crippen molar-refractivity contribution in [2.75, 3.05) is 13.2 Å². The summed E-state index contributed by atoms with van der Waals surface area (Å²) in [6.45, 7) is 0.298. The fourth-order valence-corrected chi connectivity index (χ4v) is 1.88. The predicted molar refractivity (Wildman–Crippen MR) is 71.7 cm³/mol. The highest BCUT2D eigenvalue weighted by molar-refractivity contribution is 7.80. The van der Waals surface area contributed by atoms with Gasteiger partial charge in [0.25, 0.3) is 0 Å². The summed E-state index contributed by atoms with van der Waals surface area (Å²) in [5.74, 6) is 0.696. The van der Waals surface area contributed by atoms with E-state index in [1.165, 1.54) is 0 Å². The second-order valence-electron chi connectivity index (χ2n) is 3.62. The van der Waals surface area contributed by atoms with E-state index in [1.807, 2.05) is 36.4 Å². The number of rotatable bonds is 4. The van der Waals surface area contributed by atoms with E-state index in [4.69, 9.17) is 9.84 Å². The molecule has 0 aliphatic carbocycles. The quantitative estimate of drug-likeness (QED) is 0.812. The standard InChI is InChI=1S/C14H14O2S/c15-8-9-16-13-7-6-12(10-14(13)17)11-4-2-1-3-5-11/h1-7,10,15,17H,8-9H2. The Hall–Kier alpha value is -1.45. The molecule has 0 spiro atoms. The molecule has 0 aromatic heterocycles. The van der Waals surface area contributed by atoms with Gasteiger partial charge in [0, 0.05) is 4.90 Å². The van der Waals surface area contributed by atoms with E-state index < -0.39 is 0 Å². The monoisotopic (exact) mass is 246 g/mol. The molecule has 2 nitrogen and oxygen atoms in total. The van der Waals surface area contributed by atoms with E-state index in [0.29, 0.717) is 5.75 Å². The molecule has 0 unspecified atom stereocenters. The van der Waals surface area contributed by atoms with Crippen LogP contribution in [0.3, 0.4) is 0 Å². The zero-order valence-corrected chi connectivity index (χ0v) is 10.2. The van der Waals surface area contributed by atoms with Gasteiger partial charge in [0.05, 0.1) is 6.61 Å². The van der Waals surface area contributed by atoms with Gasteiger partial charge in [-0.05, 0) is 23.3 Å². The number of hydrogen-bond acceptors (Lipinski definition) is 3. The number of ether oxygens (including phenoxy) is 1. The summed E-state index contributed by atoms with van der Waals surface area (Å²) >= 11 is 4.38. The lowest BCUT2D eigenvalue weighted by atomic mass is 10.1. The number of benzene rings is 2. The van der Waals surface area contributed by atoms with Gasteiger partial charge >= 0.3 is 0 Å². The highest BCUT2D eigenvalue weighted by Gasteiger charge is 2.03. The Morgan fingerprint density at radius 2 is 1.76 bits per heavy atom. The van der Waals surface area contributed by atoms with Crippen molar-refractivity contribution in [1.82, 2.24) is 0 Å². The molecule has 0 saturated heterocycles. The zero-order valence-electron chi connectivity index (χ0n) is 9.34. The van der Waals surface area contributed by atoms with Crippen LogP contribution in [0.4, 0.5) is 0 Å². The lowest BCUT2D eigenvalue weighted by Crippen LogP contribution is -2.02.